The van der Waals surface area contributed by atoms with Gasteiger partial charge >= 0.3 is 0 Å². The summed E-state index contributed by atoms with van der Waals surface area (Å²) in [6.07, 6.45) is 1.44. The molecule has 1 heterocycles. The van der Waals surface area contributed by atoms with Gasteiger partial charge in [-0.25, -0.2) is 4.98 Å². The van der Waals surface area contributed by atoms with Crippen LogP contribution < -0.4 is 5.32 Å². The number of hydrogen-bond acceptors (Lipinski definition) is 4. The molecule has 0 atom stereocenters. The molecule has 1 aromatic heterocycles. The fourth-order valence-electron chi connectivity index (χ4n) is 2.50. The Balaban J connectivity index is 1.83. The van der Waals surface area contributed by atoms with E-state index >= 15 is 0 Å². The first-order valence-corrected chi connectivity index (χ1v) is 7.63. The van der Waals surface area contributed by atoms with Gasteiger partial charge in [-0.15, -0.1) is 0 Å². The summed E-state index contributed by atoms with van der Waals surface area (Å²) in [7, 11) is 4.00. The van der Waals surface area contributed by atoms with E-state index in [-0.39, 0.29) is 5.91 Å². The molecule has 0 radical (unpaired) electrons. The average Bonchev–Trinajstić information content (AvgIpc) is 3.09. The lowest BCUT2D eigenvalue weighted by Gasteiger charge is -2.12. The molecule has 24 heavy (non-hydrogen) atoms. The van der Waals surface area contributed by atoms with Crippen LogP contribution in [0.4, 0.5) is 5.69 Å². The van der Waals surface area contributed by atoms with Crippen LogP contribution in [0.2, 0.25) is 0 Å². The van der Waals surface area contributed by atoms with E-state index in [2.05, 4.69) is 25.4 Å². The third-order valence-electron chi connectivity index (χ3n) is 3.53. The molecule has 0 saturated carbocycles. The summed E-state index contributed by atoms with van der Waals surface area (Å²) in [6.45, 7) is 0.787. The molecule has 0 bridgehead atoms. The van der Waals surface area contributed by atoms with Crippen LogP contribution in [-0.4, -0.2) is 40.1 Å². The summed E-state index contributed by atoms with van der Waals surface area (Å²) in [4.78, 5) is 18.8. The molecule has 1 amide bonds. The number of para-hydroxylation sites is 1. The molecule has 2 N–H and O–H groups in total. The zero-order chi connectivity index (χ0) is 16.9. The number of benzene rings is 2. The summed E-state index contributed by atoms with van der Waals surface area (Å²) in [5.41, 5.74) is 3.21. The van der Waals surface area contributed by atoms with Crippen LogP contribution in [-0.2, 0) is 6.54 Å². The molecule has 2 aromatic carbocycles. The van der Waals surface area contributed by atoms with Crippen LogP contribution in [0.3, 0.4) is 0 Å². The highest BCUT2D eigenvalue weighted by Crippen LogP contribution is 2.24. The minimum atomic E-state index is -0.150. The maximum Gasteiger partial charge on any atom is 0.255 e. The van der Waals surface area contributed by atoms with Crippen molar-refractivity contribution in [1.82, 2.24) is 20.1 Å². The van der Waals surface area contributed by atoms with Crippen molar-refractivity contribution in [3.05, 3.63) is 66.0 Å². The second-order valence-electron chi connectivity index (χ2n) is 5.77. The molecular weight excluding hydrogens is 302 g/mol. The molecule has 6 nitrogen and oxygen atoms in total. The van der Waals surface area contributed by atoms with Crippen LogP contribution in [0.1, 0.15) is 15.9 Å². The predicted octanol–water partition coefficient (Wildman–Crippen LogP) is 2.79. The third kappa shape index (κ3) is 3.67. The van der Waals surface area contributed by atoms with Gasteiger partial charge < -0.3 is 10.2 Å². The first kappa shape index (κ1) is 15.9. The Kier molecular flexibility index (Phi) is 4.67. The fraction of sp³-hybridized carbons (Fsp3) is 0.167. The summed E-state index contributed by atoms with van der Waals surface area (Å²) in [5, 5.41) is 9.64. The smallest absolute Gasteiger partial charge is 0.255 e. The number of carbonyl (C=O) groups excluding carboxylic acids is 1. The van der Waals surface area contributed by atoms with Crippen molar-refractivity contribution >= 4 is 11.6 Å². The largest absolute Gasteiger partial charge is 0.321 e. The first-order valence-electron chi connectivity index (χ1n) is 7.63. The maximum atomic E-state index is 12.6. The number of nitrogens with zero attached hydrogens (tertiary/aromatic N) is 3. The highest BCUT2D eigenvalue weighted by molar-refractivity contribution is 6.06. The van der Waals surface area contributed by atoms with E-state index in [1.165, 1.54) is 6.33 Å². The van der Waals surface area contributed by atoms with Gasteiger partial charge in [0.2, 0.25) is 0 Å². The van der Waals surface area contributed by atoms with Crippen LogP contribution in [0.25, 0.3) is 11.4 Å². The van der Waals surface area contributed by atoms with Crippen LogP contribution in [0.15, 0.2) is 54.9 Å². The van der Waals surface area contributed by atoms with E-state index in [4.69, 9.17) is 0 Å². The third-order valence-corrected chi connectivity index (χ3v) is 3.53. The zero-order valence-corrected chi connectivity index (χ0v) is 13.7. The van der Waals surface area contributed by atoms with Crippen LogP contribution in [0, 0.1) is 0 Å². The minimum Gasteiger partial charge on any atom is -0.321 e. The number of amides is 1. The lowest BCUT2D eigenvalue weighted by atomic mass is 10.1. The van der Waals surface area contributed by atoms with Gasteiger partial charge in [-0.3, -0.25) is 9.89 Å². The van der Waals surface area contributed by atoms with E-state index in [9.17, 15) is 4.79 Å². The van der Waals surface area contributed by atoms with Crippen molar-refractivity contribution in [3.8, 4) is 11.4 Å². The van der Waals surface area contributed by atoms with Crippen LogP contribution >= 0.6 is 0 Å². The summed E-state index contributed by atoms with van der Waals surface area (Å²) in [5.74, 6) is 0.467. The van der Waals surface area contributed by atoms with Crippen molar-refractivity contribution in [2.75, 3.05) is 19.4 Å². The van der Waals surface area contributed by atoms with Gasteiger partial charge in [-0.2, -0.15) is 5.10 Å². The van der Waals surface area contributed by atoms with E-state index in [0.717, 1.165) is 17.7 Å². The maximum absolute atomic E-state index is 12.6. The predicted molar refractivity (Wildman–Crippen MR) is 93.6 cm³/mol. The van der Waals surface area contributed by atoms with Gasteiger partial charge in [0.15, 0.2) is 5.82 Å². The second-order valence-corrected chi connectivity index (χ2v) is 5.77. The van der Waals surface area contributed by atoms with Crippen molar-refractivity contribution in [2.45, 2.75) is 6.54 Å². The number of nitrogens with one attached hydrogen (secondary N) is 2. The highest BCUT2D eigenvalue weighted by Gasteiger charge is 2.12. The lowest BCUT2D eigenvalue weighted by molar-refractivity contribution is 0.102. The number of H-pyrrole nitrogens is 1. The Hall–Kier alpha value is -2.99. The van der Waals surface area contributed by atoms with Crippen molar-refractivity contribution in [3.63, 3.8) is 0 Å². The standard InChI is InChI=1S/C18H19N5O/c1-23(2)11-13-6-5-7-14(10-13)18(24)21-16-9-4-3-8-15(16)17-19-12-20-22-17/h3-10,12H,11H2,1-2H3,(H,21,24)(H,19,20,22). The molecule has 122 valence electrons. The molecular formula is C18H19N5O. The average molecular weight is 321 g/mol. The monoisotopic (exact) mass is 321 g/mol. The molecule has 0 aliphatic carbocycles. The minimum absolute atomic E-state index is 0.150. The molecule has 0 saturated heterocycles. The molecule has 0 unspecified atom stereocenters. The Bertz CT molecular complexity index is 827. The van der Waals surface area contributed by atoms with Crippen molar-refractivity contribution < 1.29 is 4.79 Å². The molecule has 0 aliphatic rings. The quantitative estimate of drug-likeness (QED) is 0.758. The van der Waals surface area contributed by atoms with Gasteiger partial charge in [-0.1, -0.05) is 24.3 Å². The number of hydrogen-bond donors (Lipinski definition) is 2. The van der Waals surface area contributed by atoms with Gasteiger partial charge in [0.05, 0.1) is 5.69 Å². The van der Waals surface area contributed by atoms with Gasteiger partial charge in [0.1, 0.15) is 6.33 Å². The van der Waals surface area contributed by atoms with E-state index < -0.39 is 0 Å². The topological polar surface area (TPSA) is 73.9 Å². The Morgan fingerprint density at radius 3 is 2.75 bits per heavy atom. The Morgan fingerprint density at radius 2 is 2.00 bits per heavy atom. The Labute approximate surface area is 140 Å². The molecule has 3 rings (SSSR count). The van der Waals surface area contributed by atoms with Gasteiger partial charge in [0, 0.05) is 17.7 Å². The van der Waals surface area contributed by atoms with E-state index in [0.29, 0.717) is 17.1 Å². The van der Waals surface area contributed by atoms with E-state index in [1.807, 2.05) is 62.6 Å². The first-order chi connectivity index (χ1) is 11.6. The number of aromatic amines is 1. The molecule has 0 aliphatic heterocycles. The summed E-state index contributed by atoms with van der Waals surface area (Å²) >= 11 is 0. The number of rotatable bonds is 5. The van der Waals surface area contributed by atoms with Crippen molar-refractivity contribution in [2.24, 2.45) is 0 Å². The van der Waals surface area contributed by atoms with Crippen LogP contribution in [0.5, 0.6) is 0 Å². The number of carbonyl (C=O) groups is 1. The number of anilines is 1. The van der Waals surface area contributed by atoms with Gasteiger partial charge in [0.25, 0.3) is 5.91 Å². The summed E-state index contributed by atoms with van der Waals surface area (Å²) in [6, 6.07) is 15.1. The second kappa shape index (κ2) is 7.06. The van der Waals surface area contributed by atoms with Crippen molar-refractivity contribution in [1.29, 1.82) is 0 Å². The highest BCUT2D eigenvalue weighted by atomic mass is 16.1. The molecule has 6 heteroatoms. The Morgan fingerprint density at radius 1 is 1.17 bits per heavy atom. The molecule has 0 fully saturated rings. The number of aromatic nitrogens is 3. The lowest BCUT2D eigenvalue weighted by Crippen LogP contribution is -2.14. The fourth-order valence-corrected chi connectivity index (χ4v) is 2.50. The molecule has 0 spiro atoms. The zero-order valence-electron chi connectivity index (χ0n) is 13.7. The summed E-state index contributed by atoms with van der Waals surface area (Å²) < 4.78 is 0. The normalized spacial score (nSPS) is 10.8. The molecule has 3 aromatic rings. The van der Waals surface area contributed by atoms with E-state index in [1.54, 1.807) is 0 Å². The van der Waals surface area contributed by atoms with Gasteiger partial charge in [-0.05, 0) is 43.9 Å². The SMILES string of the molecule is CN(C)Cc1cccc(C(=O)Nc2ccccc2-c2ncn[nH]2)c1.